The van der Waals surface area contributed by atoms with Gasteiger partial charge in [0.05, 0.1) is 29.5 Å². The minimum Gasteiger partial charge on any atom is -0.481 e. The number of aliphatic hydroxyl groups is 1. The van der Waals surface area contributed by atoms with Gasteiger partial charge >= 0.3 is 5.97 Å². The molecule has 0 spiro atoms. The normalized spacial score (nSPS) is 14.9. The van der Waals surface area contributed by atoms with E-state index in [9.17, 15) is 24.6 Å². The van der Waals surface area contributed by atoms with Gasteiger partial charge in [0.25, 0.3) is 5.56 Å². The highest BCUT2D eigenvalue weighted by Crippen LogP contribution is 2.42. The maximum atomic E-state index is 13.2. The Bertz CT molecular complexity index is 2140. The number of carbonyl (C=O) groups excluding carboxylic acids is 1. The Kier molecular flexibility index (Phi) is 10.8. The zero-order valence-corrected chi connectivity index (χ0v) is 28.5. The number of nitrogens with one attached hydrogen (secondary N) is 3. The van der Waals surface area contributed by atoms with Gasteiger partial charge in [-0.25, -0.2) is 9.97 Å². The van der Waals surface area contributed by atoms with Gasteiger partial charge in [0.1, 0.15) is 11.7 Å². The number of fused-ring (bicyclic) bond motifs is 1. The van der Waals surface area contributed by atoms with Crippen molar-refractivity contribution in [2.45, 2.75) is 38.0 Å². The zero-order valence-electron chi connectivity index (χ0n) is 27.0. The lowest BCUT2D eigenvalue weighted by atomic mass is 9.97. The highest BCUT2D eigenvalue weighted by atomic mass is 35.5. The molecule has 3 aromatic heterocycles. The molecule has 0 bridgehead atoms. The van der Waals surface area contributed by atoms with Crippen LogP contribution in [0.4, 0.5) is 0 Å². The van der Waals surface area contributed by atoms with Gasteiger partial charge in [-0.15, -0.1) is 0 Å². The summed E-state index contributed by atoms with van der Waals surface area (Å²) in [6, 6.07) is 17.3. The number of hydrogen-bond acceptors (Lipinski definition) is 9. The van der Waals surface area contributed by atoms with E-state index in [0.29, 0.717) is 68.7 Å². The number of aromatic nitrogens is 3. The van der Waals surface area contributed by atoms with E-state index >= 15 is 0 Å². The Balaban J connectivity index is 1.25. The number of aliphatic carboxylic acids is 1. The van der Waals surface area contributed by atoms with Crippen LogP contribution < -0.4 is 26.2 Å². The summed E-state index contributed by atoms with van der Waals surface area (Å²) in [5.41, 5.74) is 5.44. The van der Waals surface area contributed by atoms with Gasteiger partial charge in [-0.2, -0.15) is 0 Å². The molecular weight excluding hydrogens is 683 g/mol. The summed E-state index contributed by atoms with van der Waals surface area (Å²) in [6.45, 7) is 0.463. The van der Waals surface area contributed by atoms with E-state index < -0.39 is 18.6 Å². The van der Waals surface area contributed by atoms with E-state index in [1.807, 2.05) is 48.5 Å². The van der Waals surface area contributed by atoms with Crippen molar-refractivity contribution >= 4 is 40.7 Å². The maximum absolute atomic E-state index is 13.2. The maximum Gasteiger partial charge on any atom is 0.323 e. The summed E-state index contributed by atoms with van der Waals surface area (Å²) in [7, 11) is 1.47. The first-order valence-electron chi connectivity index (χ1n) is 15.9. The van der Waals surface area contributed by atoms with E-state index in [2.05, 4.69) is 25.9 Å². The van der Waals surface area contributed by atoms with Crippen molar-refractivity contribution in [3.05, 3.63) is 105 Å². The topological polar surface area (TPSA) is 167 Å². The number of hydrogen-bond donors (Lipinski definition) is 5. The van der Waals surface area contributed by atoms with Gasteiger partial charge in [0, 0.05) is 77.9 Å². The Hall–Kier alpha value is -4.85. The molecule has 6 rings (SSSR count). The number of benzene rings is 2. The first-order chi connectivity index (χ1) is 24.2. The summed E-state index contributed by atoms with van der Waals surface area (Å²) >= 11 is 14.1. The van der Waals surface area contributed by atoms with Crippen molar-refractivity contribution in [3.8, 4) is 39.4 Å². The molecule has 50 heavy (non-hydrogen) atoms. The molecule has 1 fully saturated rings. The smallest absolute Gasteiger partial charge is 0.323 e. The standard InChI is InChI=1S/C36H34Cl2N6O6/c1-50-34-21(16-40-29(19-45)36(48)49)8-10-28(43-34)27-7-3-6-26(33(27)38)25-5-2-4-24(32(25)37)20-12-13-44-30(14-20)41-17-22(35(44)47)15-39-18-23-9-11-31(46)42-23/h2-8,10,12-14,17,23,29,39-40,45H,9,11,15-16,18-19H2,1H3,(H,42,46)(H,48,49)/t23?,29-/m0/s1. The predicted molar refractivity (Wildman–Crippen MR) is 190 cm³/mol. The van der Waals surface area contributed by atoms with Crippen LogP contribution in [0.1, 0.15) is 24.0 Å². The van der Waals surface area contributed by atoms with Gasteiger partial charge in [-0.05, 0) is 30.2 Å². The van der Waals surface area contributed by atoms with Gasteiger partial charge in [-0.3, -0.25) is 24.1 Å². The fourth-order valence-electron chi connectivity index (χ4n) is 5.91. The van der Waals surface area contributed by atoms with Gasteiger partial charge in [0.2, 0.25) is 11.8 Å². The third-order valence-corrected chi connectivity index (χ3v) is 9.41. The molecule has 5 N–H and O–H groups in total. The lowest BCUT2D eigenvalue weighted by Crippen LogP contribution is -2.39. The summed E-state index contributed by atoms with van der Waals surface area (Å²) in [4.78, 5) is 45.1. The first-order valence-corrected chi connectivity index (χ1v) is 16.6. The molecule has 1 amide bonds. The Morgan fingerprint density at radius 3 is 2.42 bits per heavy atom. The van der Waals surface area contributed by atoms with Gasteiger partial charge in [0.15, 0.2) is 0 Å². The Labute approximate surface area is 297 Å². The molecule has 2 aromatic carbocycles. The molecule has 1 aliphatic heterocycles. The van der Waals surface area contributed by atoms with Crippen LogP contribution in [0.5, 0.6) is 5.88 Å². The average molecular weight is 718 g/mol. The van der Waals surface area contributed by atoms with Crippen LogP contribution in [0, 0.1) is 0 Å². The minimum absolute atomic E-state index is 0.0486. The molecule has 2 atom stereocenters. The molecule has 12 nitrogen and oxygen atoms in total. The summed E-state index contributed by atoms with van der Waals surface area (Å²) in [5.74, 6) is -0.834. The summed E-state index contributed by atoms with van der Waals surface area (Å²) in [5, 5.41) is 28.3. The van der Waals surface area contributed by atoms with Gasteiger partial charge < -0.3 is 25.6 Å². The van der Waals surface area contributed by atoms with Crippen LogP contribution in [0.25, 0.3) is 39.2 Å². The van der Waals surface area contributed by atoms with Crippen LogP contribution in [0.2, 0.25) is 10.0 Å². The molecule has 1 saturated heterocycles. The number of amides is 1. The van der Waals surface area contributed by atoms with Crippen molar-refractivity contribution in [3.63, 3.8) is 0 Å². The third kappa shape index (κ3) is 7.35. The lowest BCUT2D eigenvalue weighted by molar-refractivity contribution is -0.140. The number of nitrogens with zero attached hydrogens (tertiary/aromatic N) is 3. The lowest BCUT2D eigenvalue weighted by Gasteiger charge is -2.16. The van der Waals surface area contributed by atoms with Crippen molar-refractivity contribution in [2.75, 3.05) is 20.3 Å². The van der Waals surface area contributed by atoms with Crippen molar-refractivity contribution in [1.29, 1.82) is 0 Å². The third-order valence-electron chi connectivity index (χ3n) is 8.60. The molecule has 1 aliphatic rings. The number of pyridine rings is 2. The number of carbonyl (C=O) groups is 2. The van der Waals surface area contributed by atoms with Crippen LogP contribution in [-0.4, -0.2) is 68.8 Å². The van der Waals surface area contributed by atoms with Gasteiger partial charge in [-0.1, -0.05) is 65.7 Å². The number of methoxy groups -OCH3 is 1. The number of rotatable bonds is 13. The molecule has 4 heterocycles. The highest BCUT2D eigenvalue weighted by Gasteiger charge is 2.21. The monoisotopic (exact) mass is 716 g/mol. The molecule has 0 radical (unpaired) electrons. The van der Waals surface area contributed by atoms with E-state index in [4.69, 9.17) is 27.9 Å². The predicted octanol–water partition coefficient (Wildman–Crippen LogP) is 4.31. The fraction of sp³-hybridized carbons (Fsp3) is 0.250. The minimum atomic E-state index is -1.17. The second-order valence-corrected chi connectivity index (χ2v) is 12.6. The Morgan fingerprint density at radius 2 is 1.74 bits per heavy atom. The van der Waals surface area contributed by atoms with E-state index in [1.165, 1.54) is 11.5 Å². The number of carboxylic acid groups (broad SMARTS) is 1. The second kappa shape index (κ2) is 15.4. The van der Waals surface area contributed by atoms with E-state index in [0.717, 1.165) is 17.5 Å². The average Bonchev–Trinajstić information content (AvgIpc) is 3.54. The zero-order chi connectivity index (χ0) is 35.4. The molecule has 1 unspecified atom stereocenters. The quantitative estimate of drug-likeness (QED) is 0.119. The molecule has 14 heteroatoms. The summed E-state index contributed by atoms with van der Waals surface area (Å²) < 4.78 is 6.98. The number of carboxylic acids is 1. The van der Waals surface area contributed by atoms with E-state index in [1.54, 1.807) is 24.5 Å². The fourth-order valence-corrected chi connectivity index (χ4v) is 6.57. The number of ether oxygens (including phenoxy) is 1. The molecular formula is C36H34Cl2N6O6. The van der Waals surface area contributed by atoms with Crippen molar-refractivity contribution in [1.82, 2.24) is 30.3 Å². The van der Waals surface area contributed by atoms with E-state index in [-0.39, 0.29) is 29.9 Å². The summed E-state index contributed by atoms with van der Waals surface area (Å²) in [6.07, 6.45) is 4.55. The molecule has 0 saturated carbocycles. The number of aliphatic hydroxyl groups excluding tert-OH is 1. The van der Waals surface area contributed by atoms with Crippen LogP contribution in [0.15, 0.2) is 77.9 Å². The molecule has 258 valence electrons. The first kappa shape index (κ1) is 35.0. The molecule has 5 aromatic rings. The van der Waals surface area contributed by atoms with Crippen molar-refractivity contribution < 1.29 is 24.5 Å². The van der Waals surface area contributed by atoms with Crippen LogP contribution >= 0.6 is 23.2 Å². The SMILES string of the molecule is COc1nc(-c2cccc(-c3cccc(-c4ccn5c(=O)c(CNCC6CCC(=O)N6)cnc5c4)c3Cl)c2Cl)ccc1CN[C@@H](CO)C(=O)O. The number of halogens is 2. The largest absolute Gasteiger partial charge is 0.481 e. The second-order valence-electron chi connectivity index (χ2n) is 11.8. The van der Waals surface area contributed by atoms with Crippen LogP contribution in [-0.2, 0) is 22.7 Å². The van der Waals surface area contributed by atoms with Crippen molar-refractivity contribution in [2.24, 2.45) is 0 Å². The van der Waals surface area contributed by atoms with Crippen LogP contribution in [0.3, 0.4) is 0 Å². The Morgan fingerprint density at radius 1 is 1.02 bits per heavy atom. The molecule has 0 aliphatic carbocycles. The highest BCUT2D eigenvalue weighted by molar-refractivity contribution is 6.39.